The Morgan fingerprint density at radius 1 is 1.63 bits per heavy atom. The number of nitrogens with two attached hydrogens (primary N) is 1. The number of amides is 2. The van der Waals surface area contributed by atoms with Crippen LogP contribution in [0.25, 0.3) is 0 Å². The zero-order chi connectivity index (χ0) is 14.0. The van der Waals surface area contributed by atoms with Gasteiger partial charge in [-0.2, -0.15) is 0 Å². The second kappa shape index (κ2) is 5.28. The fourth-order valence-electron chi connectivity index (χ4n) is 2.71. The summed E-state index contributed by atoms with van der Waals surface area (Å²) in [4.78, 5) is 34.7. The van der Waals surface area contributed by atoms with Gasteiger partial charge in [0.2, 0.25) is 11.8 Å². The molecular formula is C13H19N2O4. The lowest BCUT2D eigenvalue weighted by Crippen LogP contribution is -2.56. The Hall–Kier alpha value is -1.43. The number of rotatable bonds is 5. The molecule has 1 saturated heterocycles. The number of fused-ring (bicyclic) bond motifs is 1. The molecule has 1 aliphatic carbocycles. The van der Waals surface area contributed by atoms with Gasteiger partial charge in [-0.25, -0.2) is 0 Å². The summed E-state index contributed by atoms with van der Waals surface area (Å²) in [6.45, 7) is 1.73. The zero-order valence-electron chi connectivity index (χ0n) is 11.0. The predicted octanol–water partition coefficient (Wildman–Crippen LogP) is -0.291. The van der Waals surface area contributed by atoms with Crippen molar-refractivity contribution in [1.29, 1.82) is 0 Å². The quantitative estimate of drug-likeness (QED) is 0.715. The van der Waals surface area contributed by atoms with Crippen LogP contribution < -0.4 is 11.1 Å². The van der Waals surface area contributed by atoms with Crippen LogP contribution in [0.5, 0.6) is 0 Å². The van der Waals surface area contributed by atoms with Crippen LogP contribution in [0.4, 0.5) is 0 Å². The number of ether oxygens (including phenoxy) is 1. The van der Waals surface area contributed by atoms with Crippen molar-refractivity contribution in [2.75, 3.05) is 6.61 Å². The smallest absolute Gasteiger partial charge is 0.224 e. The molecule has 1 aliphatic heterocycles. The Morgan fingerprint density at radius 2 is 2.37 bits per heavy atom. The minimum Gasteiger partial charge on any atom is -0.369 e. The maximum atomic E-state index is 11.9. The molecule has 2 aliphatic rings. The number of carbonyl (C=O) groups excluding carboxylic acids is 3. The van der Waals surface area contributed by atoms with Gasteiger partial charge >= 0.3 is 0 Å². The molecule has 105 valence electrons. The molecule has 1 heterocycles. The summed E-state index contributed by atoms with van der Waals surface area (Å²) in [5, 5.41) is 2.78. The third-order valence-electron chi connectivity index (χ3n) is 3.99. The van der Waals surface area contributed by atoms with Crippen molar-refractivity contribution in [2.45, 2.75) is 44.2 Å². The lowest BCUT2D eigenvalue weighted by molar-refractivity contribution is -0.128. The number of Topliss-reactive ketones (excluding diaryl/α,β-unsaturated/α-hetero) is 1. The molecular weight excluding hydrogens is 248 g/mol. The first kappa shape index (κ1) is 14.0. The molecule has 0 spiro atoms. The number of hydrogen-bond donors (Lipinski definition) is 2. The highest BCUT2D eigenvalue weighted by atomic mass is 16.5. The standard InChI is InChI=1S/C13H19N2O4/c1-8(12(14)18)4-5-11(17)15-13-6-2-3-10(13)19-7-9(13)16/h5,8,10H,2-4,6-7H2,1H3,(H2,14,18)(H,15,17)/t8?,10-,13?/m0/s1. The third-order valence-corrected chi connectivity index (χ3v) is 3.99. The van der Waals surface area contributed by atoms with Gasteiger partial charge in [0.25, 0.3) is 0 Å². The zero-order valence-corrected chi connectivity index (χ0v) is 11.0. The number of nitrogens with one attached hydrogen (secondary N) is 1. The lowest BCUT2D eigenvalue weighted by Gasteiger charge is -2.27. The topological polar surface area (TPSA) is 98.5 Å². The average Bonchev–Trinajstić information content (AvgIpc) is 2.87. The van der Waals surface area contributed by atoms with Gasteiger partial charge in [0, 0.05) is 5.92 Å². The largest absolute Gasteiger partial charge is 0.369 e. The minimum absolute atomic E-state index is 0.0558. The van der Waals surface area contributed by atoms with Gasteiger partial charge in [0.1, 0.15) is 12.1 Å². The summed E-state index contributed by atoms with van der Waals surface area (Å²) in [5.74, 6) is -1.22. The summed E-state index contributed by atoms with van der Waals surface area (Å²) < 4.78 is 5.40. The molecule has 0 aromatic rings. The van der Waals surface area contributed by atoms with Gasteiger partial charge in [0.15, 0.2) is 5.78 Å². The molecule has 2 unspecified atom stereocenters. The Labute approximate surface area is 112 Å². The van der Waals surface area contributed by atoms with Gasteiger partial charge in [-0.3, -0.25) is 14.4 Å². The summed E-state index contributed by atoms with van der Waals surface area (Å²) in [5.41, 5.74) is 4.28. The van der Waals surface area contributed by atoms with Gasteiger partial charge in [-0.1, -0.05) is 6.92 Å². The van der Waals surface area contributed by atoms with Crippen LogP contribution in [0.2, 0.25) is 0 Å². The average molecular weight is 267 g/mol. The highest BCUT2D eigenvalue weighted by molar-refractivity contribution is 5.98. The molecule has 0 aromatic heterocycles. The van der Waals surface area contributed by atoms with E-state index >= 15 is 0 Å². The van der Waals surface area contributed by atoms with E-state index in [2.05, 4.69) is 5.32 Å². The summed E-state index contributed by atoms with van der Waals surface area (Å²) in [6, 6.07) is 0. The number of ketones is 1. The van der Waals surface area contributed by atoms with Crippen LogP contribution in [-0.2, 0) is 19.1 Å². The van der Waals surface area contributed by atoms with Crippen LogP contribution in [0.1, 0.15) is 32.6 Å². The first-order valence-corrected chi connectivity index (χ1v) is 6.55. The van der Waals surface area contributed by atoms with Crippen LogP contribution in [0.3, 0.4) is 0 Å². The molecule has 6 nitrogen and oxygen atoms in total. The van der Waals surface area contributed by atoms with E-state index in [0.717, 1.165) is 12.8 Å². The van der Waals surface area contributed by atoms with E-state index in [1.54, 1.807) is 6.92 Å². The number of hydrogen-bond acceptors (Lipinski definition) is 4. The van der Waals surface area contributed by atoms with Gasteiger partial charge in [0.05, 0.1) is 12.5 Å². The fraction of sp³-hybridized carbons (Fsp3) is 0.692. The summed E-state index contributed by atoms with van der Waals surface area (Å²) in [6.07, 6.45) is 3.74. The van der Waals surface area contributed by atoms with Crippen LogP contribution >= 0.6 is 0 Å². The lowest BCUT2D eigenvalue weighted by atomic mass is 9.91. The first-order valence-electron chi connectivity index (χ1n) is 6.55. The van der Waals surface area contributed by atoms with Crippen molar-refractivity contribution in [3.8, 4) is 0 Å². The van der Waals surface area contributed by atoms with Crippen molar-refractivity contribution < 1.29 is 19.1 Å². The predicted molar refractivity (Wildman–Crippen MR) is 66.7 cm³/mol. The van der Waals surface area contributed by atoms with Crippen LogP contribution in [-0.4, -0.2) is 35.8 Å². The van der Waals surface area contributed by atoms with Crippen LogP contribution in [0, 0.1) is 12.3 Å². The minimum atomic E-state index is -0.844. The normalized spacial score (nSPS) is 31.0. The molecule has 0 aromatic carbocycles. The second-order valence-electron chi connectivity index (χ2n) is 5.32. The molecule has 2 fully saturated rings. The molecule has 19 heavy (non-hydrogen) atoms. The molecule has 6 heteroatoms. The Morgan fingerprint density at radius 3 is 3.05 bits per heavy atom. The SMILES string of the molecule is CC(C[CH]C(=O)NC12CCC[C@@H]1OCC2=O)C(N)=O. The van der Waals surface area contributed by atoms with Gasteiger partial charge in [-0.05, 0) is 25.7 Å². The van der Waals surface area contributed by atoms with Crippen molar-refractivity contribution in [3.05, 3.63) is 6.42 Å². The van der Waals surface area contributed by atoms with Crippen molar-refractivity contribution >= 4 is 17.6 Å². The van der Waals surface area contributed by atoms with Crippen molar-refractivity contribution in [3.63, 3.8) is 0 Å². The van der Waals surface area contributed by atoms with E-state index in [0.29, 0.717) is 6.42 Å². The molecule has 3 N–H and O–H groups in total. The Bertz CT molecular complexity index is 409. The van der Waals surface area contributed by atoms with E-state index in [1.807, 2.05) is 0 Å². The summed E-state index contributed by atoms with van der Waals surface area (Å²) in [7, 11) is 0. The molecule has 0 bridgehead atoms. The molecule has 1 saturated carbocycles. The molecule has 2 amide bonds. The second-order valence-corrected chi connectivity index (χ2v) is 5.32. The van der Waals surface area contributed by atoms with Gasteiger partial charge in [-0.15, -0.1) is 0 Å². The van der Waals surface area contributed by atoms with Gasteiger partial charge < -0.3 is 15.8 Å². The summed E-state index contributed by atoms with van der Waals surface area (Å²) >= 11 is 0. The molecule has 1 radical (unpaired) electrons. The number of carbonyl (C=O) groups is 3. The Balaban J connectivity index is 1.91. The maximum absolute atomic E-state index is 11.9. The van der Waals surface area contributed by atoms with E-state index in [9.17, 15) is 14.4 Å². The number of primary amides is 1. The fourth-order valence-corrected chi connectivity index (χ4v) is 2.71. The van der Waals surface area contributed by atoms with Crippen molar-refractivity contribution in [1.82, 2.24) is 5.32 Å². The van der Waals surface area contributed by atoms with Crippen molar-refractivity contribution in [2.24, 2.45) is 11.7 Å². The van der Waals surface area contributed by atoms with Crippen LogP contribution in [0.15, 0.2) is 0 Å². The van der Waals surface area contributed by atoms with E-state index in [1.165, 1.54) is 6.42 Å². The maximum Gasteiger partial charge on any atom is 0.224 e. The first-order chi connectivity index (χ1) is 8.95. The molecule has 2 rings (SSSR count). The molecule has 3 atom stereocenters. The highest BCUT2D eigenvalue weighted by Gasteiger charge is 2.54. The van der Waals surface area contributed by atoms with E-state index in [4.69, 9.17) is 10.5 Å². The third kappa shape index (κ3) is 2.63. The Kier molecular flexibility index (Phi) is 3.89. The highest BCUT2D eigenvalue weighted by Crippen LogP contribution is 2.37. The van der Waals surface area contributed by atoms with E-state index in [-0.39, 0.29) is 30.8 Å². The van der Waals surface area contributed by atoms with E-state index < -0.39 is 17.4 Å². The monoisotopic (exact) mass is 267 g/mol.